The second-order valence-electron chi connectivity index (χ2n) is 5.00. The van der Waals surface area contributed by atoms with Crippen LogP contribution in [-0.2, 0) is 14.3 Å². The maximum Gasteiger partial charge on any atom is 0.345 e. The zero-order chi connectivity index (χ0) is 15.4. The molecule has 0 aliphatic rings. The molecular weight excluding hydrogens is 264 g/mol. The number of hydrogen-bond acceptors (Lipinski definition) is 6. The normalized spacial score (nSPS) is 13.8. The van der Waals surface area contributed by atoms with Gasteiger partial charge >= 0.3 is 11.9 Å². The molecular formula is C14H26O6. The first-order chi connectivity index (χ1) is 9.47. The zero-order valence-electron chi connectivity index (χ0n) is 12.1. The fourth-order valence-electron chi connectivity index (χ4n) is 1.72. The lowest BCUT2D eigenvalue weighted by molar-refractivity contribution is -0.167. The molecule has 118 valence electrons. The monoisotopic (exact) mass is 290 g/mol. The molecule has 0 rings (SSSR count). The number of esters is 2. The van der Waals surface area contributed by atoms with Crippen molar-refractivity contribution in [2.24, 2.45) is 0 Å². The summed E-state index contributed by atoms with van der Waals surface area (Å²) in [6.07, 6.45) is 4.72. The van der Waals surface area contributed by atoms with Crippen molar-refractivity contribution in [2.75, 3.05) is 6.61 Å². The summed E-state index contributed by atoms with van der Waals surface area (Å²) in [5.41, 5.74) is 0. The van der Waals surface area contributed by atoms with Crippen LogP contribution in [0.4, 0.5) is 0 Å². The summed E-state index contributed by atoms with van der Waals surface area (Å²) in [5, 5.41) is 26.5. The molecule has 20 heavy (non-hydrogen) atoms. The molecule has 0 saturated heterocycles. The van der Waals surface area contributed by atoms with E-state index < -0.39 is 24.6 Å². The molecule has 0 fully saturated rings. The minimum atomic E-state index is -1.65. The standard InChI is InChI=1S/C14H26O6/c1-11(16)8-6-4-2-3-5-7-9-13(18)20-14(19)12(17)10-15/h11-12,15-17H,2-10H2,1H3. The summed E-state index contributed by atoms with van der Waals surface area (Å²) >= 11 is 0. The lowest BCUT2D eigenvalue weighted by atomic mass is 10.1. The SMILES string of the molecule is CC(O)CCCCCCCCC(=O)OC(=O)C(O)CO. The van der Waals surface area contributed by atoms with Crippen LogP contribution in [0.1, 0.15) is 58.3 Å². The predicted molar refractivity (Wildman–Crippen MR) is 72.8 cm³/mol. The Morgan fingerprint density at radius 1 is 1.00 bits per heavy atom. The molecule has 0 aliphatic heterocycles. The Balaban J connectivity index is 3.42. The number of aliphatic hydroxyl groups excluding tert-OH is 3. The molecule has 0 bridgehead atoms. The topological polar surface area (TPSA) is 104 Å². The lowest BCUT2D eigenvalue weighted by Crippen LogP contribution is -2.28. The average molecular weight is 290 g/mol. The van der Waals surface area contributed by atoms with Crippen molar-refractivity contribution in [3.05, 3.63) is 0 Å². The molecule has 2 unspecified atom stereocenters. The van der Waals surface area contributed by atoms with Gasteiger partial charge in [0.25, 0.3) is 0 Å². The molecule has 0 spiro atoms. The van der Waals surface area contributed by atoms with Crippen LogP contribution in [0, 0.1) is 0 Å². The number of hydrogen-bond donors (Lipinski definition) is 3. The molecule has 3 N–H and O–H groups in total. The molecule has 0 aromatic rings. The number of rotatable bonds is 11. The number of ether oxygens (including phenoxy) is 1. The molecule has 2 atom stereocenters. The third-order valence-electron chi connectivity index (χ3n) is 2.91. The molecule has 6 heteroatoms. The molecule has 0 amide bonds. The molecule has 0 aromatic heterocycles. The van der Waals surface area contributed by atoms with E-state index in [4.69, 9.17) is 15.3 Å². The summed E-state index contributed by atoms with van der Waals surface area (Å²) in [7, 11) is 0. The number of unbranched alkanes of at least 4 members (excludes halogenated alkanes) is 5. The van der Waals surface area contributed by atoms with E-state index in [1.54, 1.807) is 6.92 Å². The van der Waals surface area contributed by atoms with Gasteiger partial charge in [0.1, 0.15) is 0 Å². The van der Waals surface area contributed by atoms with Gasteiger partial charge in [-0.1, -0.05) is 32.1 Å². The molecule has 0 saturated carbocycles. The van der Waals surface area contributed by atoms with Crippen LogP contribution >= 0.6 is 0 Å². The Hall–Kier alpha value is -0.980. The first-order valence-corrected chi connectivity index (χ1v) is 7.19. The van der Waals surface area contributed by atoms with Crippen molar-refractivity contribution < 1.29 is 29.6 Å². The van der Waals surface area contributed by atoms with Crippen molar-refractivity contribution in [3.63, 3.8) is 0 Å². The van der Waals surface area contributed by atoms with E-state index in [9.17, 15) is 9.59 Å². The fourth-order valence-corrected chi connectivity index (χ4v) is 1.72. The Labute approximate surface area is 119 Å². The Morgan fingerprint density at radius 2 is 1.55 bits per heavy atom. The Kier molecular flexibility index (Phi) is 11.2. The summed E-state index contributed by atoms with van der Waals surface area (Å²) < 4.78 is 4.36. The van der Waals surface area contributed by atoms with E-state index in [2.05, 4.69) is 4.74 Å². The van der Waals surface area contributed by atoms with E-state index in [1.807, 2.05) is 0 Å². The van der Waals surface area contributed by atoms with Crippen molar-refractivity contribution >= 4 is 11.9 Å². The van der Waals surface area contributed by atoms with E-state index in [1.165, 1.54) is 0 Å². The van der Waals surface area contributed by atoms with Crippen LogP contribution in [0.2, 0.25) is 0 Å². The van der Waals surface area contributed by atoms with Gasteiger partial charge in [0.2, 0.25) is 0 Å². The molecule has 0 radical (unpaired) electrons. The number of aliphatic hydroxyl groups is 3. The van der Waals surface area contributed by atoms with Gasteiger partial charge in [-0.3, -0.25) is 4.79 Å². The van der Waals surface area contributed by atoms with Crippen molar-refractivity contribution in [1.29, 1.82) is 0 Å². The van der Waals surface area contributed by atoms with Crippen LogP contribution in [0.5, 0.6) is 0 Å². The van der Waals surface area contributed by atoms with Gasteiger partial charge in [0.05, 0.1) is 12.7 Å². The second-order valence-corrected chi connectivity index (χ2v) is 5.00. The number of carbonyl (C=O) groups is 2. The fraction of sp³-hybridized carbons (Fsp3) is 0.857. The van der Waals surface area contributed by atoms with Crippen molar-refractivity contribution in [3.8, 4) is 0 Å². The van der Waals surface area contributed by atoms with Gasteiger partial charge < -0.3 is 20.1 Å². The van der Waals surface area contributed by atoms with E-state index in [-0.39, 0.29) is 12.5 Å². The minimum absolute atomic E-state index is 0.136. The summed E-state index contributed by atoms with van der Waals surface area (Å²) in [6.45, 7) is 1.03. The number of carbonyl (C=O) groups excluding carboxylic acids is 2. The highest BCUT2D eigenvalue weighted by atomic mass is 16.6. The Morgan fingerprint density at radius 3 is 2.10 bits per heavy atom. The third-order valence-corrected chi connectivity index (χ3v) is 2.91. The predicted octanol–water partition coefficient (Wildman–Crippen LogP) is 0.911. The van der Waals surface area contributed by atoms with Gasteiger partial charge in [-0.05, 0) is 19.8 Å². The first kappa shape index (κ1) is 19.0. The van der Waals surface area contributed by atoms with E-state index in [0.29, 0.717) is 6.42 Å². The van der Waals surface area contributed by atoms with E-state index in [0.717, 1.165) is 38.5 Å². The highest BCUT2D eigenvalue weighted by molar-refractivity contribution is 5.87. The van der Waals surface area contributed by atoms with Gasteiger partial charge in [-0.25, -0.2) is 4.79 Å². The van der Waals surface area contributed by atoms with E-state index >= 15 is 0 Å². The first-order valence-electron chi connectivity index (χ1n) is 7.19. The molecule has 6 nitrogen and oxygen atoms in total. The summed E-state index contributed by atoms with van der Waals surface area (Å²) in [6, 6.07) is 0. The molecule has 0 aliphatic carbocycles. The maximum atomic E-state index is 11.2. The third kappa shape index (κ3) is 10.9. The van der Waals surface area contributed by atoms with Crippen LogP contribution < -0.4 is 0 Å². The zero-order valence-corrected chi connectivity index (χ0v) is 12.1. The van der Waals surface area contributed by atoms with Gasteiger partial charge in [0.15, 0.2) is 6.10 Å². The maximum absolute atomic E-state index is 11.2. The van der Waals surface area contributed by atoms with Gasteiger partial charge in [-0.15, -0.1) is 0 Å². The highest BCUT2D eigenvalue weighted by Crippen LogP contribution is 2.10. The second kappa shape index (κ2) is 11.8. The lowest BCUT2D eigenvalue weighted by Gasteiger charge is -2.06. The summed E-state index contributed by atoms with van der Waals surface area (Å²) in [5.74, 6) is -1.77. The summed E-state index contributed by atoms with van der Waals surface area (Å²) in [4.78, 5) is 22.2. The molecule has 0 heterocycles. The van der Waals surface area contributed by atoms with Crippen LogP contribution in [-0.4, -0.2) is 46.1 Å². The van der Waals surface area contributed by atoms with Crippen molar-refractivity contribution in [1.82, 2.24) is 0 Å². The average Bonchev–Trinajstić information content (AvgIpc) is 2.40. The smallest absolute Gasteiger partial charge is 0.345 e. The minimum Gasteiger partial charge on any atom is -0.393 e. The van der Waals surface area contributed by atoms with Gasteiger partial charge in [-0.2, -0.15) is 0 Å². The molecule has 0 aromatic carbocycles. The van der Waals surface area contributed by atoms with Crippen molar-refractivity contribution in [2.45, 2.75) is 70.5 Å². The van der Waals surface area contributed by atoms with Crippen LogP contribution in [0.15, 0.2) is 0 Å². The van der Waals surface area contributed by atoms with Crippen LogP contribution in [0.25, 0.3) is 0 Å². The quantitative estimate of drug-likeness (QED) is 0.297. The Bertz CT molecular complexity index is 277. The largest absolute Gasteiger partial charge is 0.393 e. The van der Waals surface area contributed by atoms with Crippen LogP contribution in [0.3, 0.4) is 0 Å². The van der Waals surface area contributed by atoms with Gasteiger partial charge in [0, 0.05) is 6.42 Å². The highest BCUT2D eigenvalue weighted by Gasteiger charge is 2.18.